The Balaban J connectivity index is 1.96. The lowest BCUT2D eigenvalue weighted by Crippen LogP contribution is -2.48. The van der Waals surface area contributed by atoms with E-state index in [-0.39, 0.29) is 5.91 Å². The second kappa shape index (κ2) is 5.05. The monoisotopic (exact) mass is 285 g/mol. The molecular formula is C15H15N3O3. The molecule has 1 aliphatic rings. The molecule has 0 spiro atoms. The van der Waals surface area contributed by atoms with E-state index in [0.717, 1.165) is 11.1 Å². The number of carboxylic acid groups (broad SMARTS) is 1. The van der Waals surface area contributed by atoms with Crippen LogP contribution in [0.4, 0.5) is 0 Å². The lowest BCUT2D eigenvalue weighted by atomic mass is 9.93. The maximum Gasteiger partial charge on any atom is 0.326 e. The Kier molecular flexibility index (Phi) is 3.21. The second-order valence-electron chi connectivity index (χ2n) is 5.16. The quantitative estimate of drug-likeness (QED) is 0.895. The van der Waals surface area contributed by atoms with Crippen LogP contribution in [0.15, 0.2) is 36.7 Å². The topological polar surface area (TPSA) is 75.4 Å². The first-order valence-corrected chi connectivity index (χ1v) is 6.65. The highest BCUT2D eigenvalue weighted by Gasteiger charge is 2.35. The fourth-order valence-electron chi connectivity index (χ4n) is 2.65. The summed E-state index contributed by atoms with van der Waals surface area (Å²) in [5, 5.41) is 13.4. The molecule has 108 valence electrons. The number of aromatic nitrogens is 2. The van der Waals surface area contributed by atoms with Crippen molar-refractivity contribution >= 4 is 11.9 Å². The van der Waals surface area contributed by atoms with Crippen molar-refractivity contribution in [2.24, 2.45) is 7.05 Å². The molecule has 1 aromatic carbocycles. The average Bonchev–Trinajstić information content (AvgIpc) is 2.91. The molecule has 1 aromatic heterocycles. The zero-order valence-corrected chi connectivity index (χ0v) is 11.6. The molecule has 21 heavy (non-hydrogen) atoms. The number of hydrogen-bond donors (Lipinski definition) is 1. The van der Waals surface area contributed by atoms with Crippen LogP contribution in [-0.4, -0.2) is 37.7 Å². The number of hydrogen-bond acceptors (Lipinski definition) is 3. The van der Waals surface area contributed by atoms with E-state index >= 15 is 0 Å². The fourth-order valence-corrected chi connectivity index (χ4v) is 2.65. The van der Waals surface area contributed by atoms with E-state index in [1.54, 1.807) is 13.2 Å². The summed E-state index contributed by atoms with van der Waals surface area (Å²) in [6.07, 6.45) is 3.39. The first-order valence-electron chi connectivity index (χ1n) is 6.65. The Morgan fingerprint density at radius 1 is 1.29 bits per heavy atom. The lowest BCUT2D eigenvalue weighted by Gasteiger charge is -2.34. The number of carboxylic acids is 1. The molecule has 3 rings (SSSR count). The molecule has 1 N–H and O–H groups in total. The third kappa shape index (κ3) is 2.40. The molecule has 1 aliphatic heterocycles. The van der Waals surface area contributed by atoms with Crippen molar-refractivity contribution in [2.45, 2.75) is 19.0 Å². The minimum absolute atomic E-state index is 0.301. The molecule has 0 fully saturated rings. The van der Waals surface area contributed by atoms with Gasteiger partial charge in [0.15, 0.2) is 0 Å². The van der Waals surface area contributed by atoms with Gasteiger partial charge in [-0.25, -0.2) is 4.79 Å². The van der Waals surface area contributed by atoms with Crippen molar-refractivity contribution in [3.05, 3.63) is 53.3 Å². The van der Waals surface area contributed by atoms with Gasteiger partial charge < -0.3 is 10.0 Å². The maximum atomic E-state index is 12.5. The summed E-state index contributed by atoms with van der Waals surface area (Å²) in [7, 11) is 1.72. The van der Waals surface area contributed by atoms with Crippen LogP contribution in [0.1, 0.15) is 21.5 Å². The molecule has 0 unspecified atom stereocenters. The predicted octanol–water partition coefficient (Wildman–Crippen LogP) is 1.07. The highest BCUT2D eigenvalue weighted by atomic mass is 16.4. The van der Waals surface area contributed by atoms with Gasteiger partial charge in [-0.1, -0.05) is 24.3 Å². The molecule has 1 amide bonds. The third-order valence-corrected chi connectivity index (χ3v) is 3.75. The summed E-state index contributed by atoms with van der Waals surface area (Å²) in [6.45, 7) is 0.306. The van der Waals surface area contributed by atoms with Gasteiger partial charge in [-0.2, -0.15) is 5.10 Å². The normalized spacial score (nSPS) is 17.4. The van der Waals surface area contributed by atoms with Crippen LogP contribution in [0.25, 0.3) is 0 Å². The van der Waals surface area contributed by atoms with E-state index < -0.39 is 12.0 Å². The molecule has 0 aliphatic carbocycles. The average molecular weight is 285 g/mol. The lowest BCUT2D eigenvalue weighted by molar-refractivity contribution is -0.142. The maximum absolute atomic E-state index is 12.5. The first-order chi connectivity index (χ1) is 10.1. The Hall–Kier alpha value is -2.63. The Labute approximate surface area is 121 Å². The van der Waals surface area contributed by atoms with Gasteiger partial charge >= 0.3 is 5.97 Å². The molecule has 6 nitrogen and oxygen atoms in total. The smallest absolute Gasteiger partial charge is 0.326 e. The van der Waals surface area contributed by atoms with Crippen molar-refractivity contribution in [2.75, 3.05) is 0 Å². The van der Waals surface area contributed by atoms with Gasteiger partial charge in [-0.3, -0.25) is 9.48 Å². The highest BCUT2D eigenvalue weighted by Crippen LogP contribution is 2.25. The number of fused-ring (bicyclic) bond motifs is 1. The fraction of sp³-hybridized carbons (Fsp3) is 0.267. The first kappa shape index (κ1) is 13.4. The summed E-state index contributed by atoms with van der Waals surface area (Å²) in [6, 6.07) is 6.78. The van der Waals surface area contributed by atoms with Gasteiger partial charge in [-0.05, 0) is 11.1 Å². The van der Waals surface area contributed by atoms with Gasteiger partial charge in [0, 0.05) is 26.2 Å². The minimum atomic E-state index is -0.984. The third-order valence-electron chi connectivity index (χ3n) is 3.75. The Morgan fingerprint density at radius 3 is 2.62 bits per heavy atom. The summed E-state index contributed by atoms with van der Waals surface area (Å²) in [4.78, 5) is 25.5. The van der Waals surface area contributed by atoms with Crippen LogP contribution in [-0.2, 0) is 24.8 Å². The molecule has 0 radical (unpaired) electrons. The number of nitrogens with zero attached hydrogens (tertiary/aromatic N) is 3. The van der Waals surface area contributed by atoms with E-state index in [0.29, 0.717) is 18.5 Å². The summed E-state index contributed by atoms with van der Waals surface area (Å²) < 4.78 is 1.53. The van der Waals surface area contributed by atoms with Crippen LogP contribution < -0.4 is 0 Å². The van der Waals surface area contributed by atoms with Gasteiger partial charge in [0.25, 0.3) is 5.91 Å². The molecule has 2 heterocycles. The molecule has 6 heteroatoms. The zero-order valence-electron chi connectivity index (χ0n) is 11.6. The van der Waals surface area contributed by atoms with Crippen LogP contribution >= 0.6 is 0 Å². The van der Waals surface area contributed by atoms with Crippen molar-refractivity contribution in [1.29, 1.82) is 0 Å². The largest absolute Gasteiger partial charge is 0.480 e. The van der Waals surface area contributed by atoms with E-state index in [2.05, 4.69) is 5.10 Å². The van der Waals surface area contributed by atoms with Crippen molar-refractivity contribution in [3.8, 4) is 0 Å². The molecular weight excluding hydrogens is 270 g/mol. The number of aliphatic carboxylic acids is 1. The summed E-state index contributed by atoms with van der Waals surface area (Å²) in [5.74, 6) is -1.29. The van der Waals surface area contributed by atoms with Crippen molar-refractivity contribution in [3.63, 3.8) is 0 Å². The van der Waals surface area contributed by atoms with E-state index in [1.807, 2.05) is 24.3 Å². The SMILES string of the molecule is Cn1cc(C(=O)N2Cc3ccccc3C[C@H]2C(=O)O)cn1. The summed E-state index contributed by atoms with van der Waals surface area (Å²) >= 11 is 0. The van der Waals surface area contributed by atoms with E-state index in [4.69, 9.17) is 0 Å². The van der Waals surface area contributed by atoms with Gasteiger partial charge in [0.05, 0.1) is 11.8 Å². The molecule has 0 saturated heterocycles. The number of aryl methyl sites for hydroxylation is 1. The number of carbonyl (C=O) groups excluding carboxylic acids is 1. The molecule has 1 atom stereocenters. The highest BCUT2D eigenvalue weighted by molar-refractivity contribution is 5.96. The number of carbonyl (C=O) groups is 2. The molecule has 0 saturated carbocycles. The Bertz CT molecular complexity index is 708. The predicted molar refractivity (Wildman–Crippen MR) is 74.7 cm³/mol. The second-order valence-corrected chi connectivity index (χ2v) is 5.16. The number of rotatable bonds is 2. The van der Waals surface area contributed by atoms with Gasteiger partial charge in [-0.15, -0.1) is 0 Å². The van der Waals surface area contributed by atoms with Gasteiger partial charge in [0.1, 0.15) is 6.04 Å². The van der Waals surface area contributed by atoms with Crippen LogP contribution in [0, 0.1) is 0 Å². The van der Waals surface area contributed by atoms with Gasteiger partial charge in [0.2, 0.25) is 0 Å². The van der Waals surface area contributed by atoms with Crippen molar-refractivity contribution < 1.29 is 14.7 Å². The van der Waals surface area contributed by atoms with Crippen LogP contribution in [0.2, 0.25) is 0 Å². The zero-order chi connectivity index (χ0) is 15.0. The molecule has 0 bridgehead atoms. The van der Waals surface area contributed by atoms with Crippen molar-refractivity contribution in [1.82, 2.24) is 14.7 Å². The van der Waals surface area contributed by atoms with E-state index in [9.17, 15) is 14.7 Å². The van der Waals surface area contributed by atoms with Crippen LogP contribution in [0.5, 0.6) is 0 Å². The number of benzene rings is 1. The van der Waals surface area contributed by atoms with Crippen LogP contribution in [0.3, 0.4) is 0 Å². The number of amides is 1. The Morgan fingerprint density at radius 2 is 2.00 bits per heavy atom. The van der Waals surface area contributed by atoms with E-state index in [1.165, 1.54) is 15.8 Å². The summed E-state index contributed by atoms with van der Waals surface area (Å²) in [5.41, 5.74) is 2.38. The standard InChI is InChI=1S/C15H15N3O3/c1-17-8-12(7-16-17)14(19)18-9-11-5-3-2-4-10(11)6-13(18)15(20)21/h2-5,7-8,13H,6,9H2,1H3,(H,20,21)/t13-/m0/s1. The molecule has 2 aromatic rings. The minimum Gasteiger partial charge on any atom is -0.480 e.